The molecule has 0 saturated carbocycles. The second-order valence-electron chi connectivity index (χ2n) is 7.43. The Morgan fingerprint density at radius 3 is 2.68 bits per heavy atom. The molecule has 8 nitrogen and oxygen atoms in total. The van der Waals surface area contributed by atoms with E-state index < -0.39 is 0 Å². The molecule has 1 aromatic carbocycles. The van der Waals surface area contributed by atoms with Gasteiger partial charge in [0.25, 0.3) is 5.91 Å². The lowest BCUT2D eigenvalue weighted by Crippen LogP contribution is -2.18. The number of benzene rings is 1. The maximum absolute atomic E-state index is 13.3. The summed E-state index contributed by atoms with van der Waals surface area (Å²) in [4.78, 5) is 26.5. The van der Waals surface area contributed by atoms with E-state index >= 15 is 0 Å². The van der Waals surface area contributed by atoms with E-state index in [2.05, 4.69) is 25.6 Å². The molecule has 0 aliphatic carbocycles. The minimum atomic E-state index is -0.385. The molecule has 5 aromatic rings. The summed E-state index contributed by atoms with van der Waals surface area (Å²) in [5.74, 6) is 0.218. The molecule has 0 radical (unpaired) electrons. The van der Waals surface area contributed by atoms with Crippen LogP contribution in [0.5, 0.6) is 0 Å². The van der Waals surface area contributed by atoms with Gasteiger partial charge in [0.15, 0.2) is 11.5 Å². The van der Waals surface area contributed by atoms with Crippen LogP contribution < -0.4 is 5.43 Å². The number of nitrogens with one attached hydrogen (secondary N) is 1. The molecule has 34 heavy (non-hydrogen) atoms. The van der Waals surface area contributed by atoms with E-state index in [1.807, 2.05) is 49.4 Å². The zero-order valence-electron chi connectivity index (χ0n) is 18.1. The molecule has 0 aliphatic heterocycles. The average molecular weight is 468 g/mol. The third-order valence-corrected chi connectivity index (χ3v) is 5.36. The van der Waals surface area contributed by atoms with Crippen molar-refractivity contribution in [1.29, 1.82) is 0 Å². The minimum absolute atomic E-state index is 0.385. The zero-order valence-corrected chi connectivity index (χ0v) is 18.8. The Hall–Kier alpha value is -4.43. The fraction of sp³-hybridized carbons (Fsp3) is 0.0400. The van der Waals surface area contributed by atoms with Crippen LogP contribution in [0.1, 0.15) is 21.6 Å². The molecular weight excluding hydrogens is 450 g/mol. The summed E-state index contributed by atoms with van der Waals surface area (Å²) in [6.07, 6.45) is 6.58. The molecule has 5 rings (SSSR count). The second-order valence-corrected chi connectivity index (χ2v) is 7.87. The van der Waals surface area contributed by atoms with Crippen molar-refractivity contribution < 1.29 is 4.79 Å². The summed E-state index contributed by atoms with van der Waals surface area (Å²) < 4.78 is 1.64. The predicted octanol–water partition coefficient (Wildman–Crippen LogP) is 4.60. The highest BCUT2D eigenvalue weighted by Gasteiger charge is 2.21. The summed E-state index contributed by atoms with van der Waals surface area (Å²) >= 11 is 6.02. The van der Waals surface area contributed by atoms with Crippen molar-refractivity contribution >= 4 is 34.8 Å². The molecule has 1 N–H and O–H groups in total. The van der Waals surface area contributed by atoms with Gasteiger partial charge in [-0.1, -0.05) is 29.8 Å². The van der Waals surface area contributed by atoms with Gasteiger partial charge in [0.2, 0.25) is 0 Å². The largest absolute Gasteiger partial charge is 0.272 e. The maximum atomic E-state index is 13.3. The highest BCUT2D eigenvalue weighted by atomic mass is 35.5. The van der Waals surface area contributed by atoms with Crippen molar-refractivity contribution in [3.05, 3.63) is 101 Å². The standard InChI is InChI=1S/C25H18ClN7O/c1-16-23-20(25(34)31-29-15-17-5-4-6-19(26)13-17)14-21(18-8-11-27-12-9-18)30-24(23)33(32-16)22-7-2-3-10-28-22/h2-15H,1H3,(H,31,34). The SMILES string of the molecule is Cc1nn(-c2ccccn2)c2nc(-c3ccncc3)cc(C(=O)NN=Cc3cccc(Cl)c3)c12. The lowest BCUT2D eigenvalue weighted by molar-refractivity contribution is 0.0956. The summed E-state index contributed by atoms with van der Waals surface area (Å²) in [5, 5.41) is 9.94. The van der Waals surface area contributed by atoms with Gasteiger partial charge in [0, 0.05) is 29.2 Å². The van der Waals surface area contributed by atoms with Crippen molar-refractivity contribution in [2.75, 3.05) is 0 Å². The highest BCUT2D eigenvalue weighted by Crippen LogP contribution is 2.28. The average Bonchev–Trinajstić information content (AvgIpc) is 3.21. The van der Waals surface area contributed by atoms with Gasteiger partial charge < -0.3 is 0 Å². The highest BCUT2D eigenvalue weighted by molar-refractivity contribution is 6.30. The summed E-state index contributed by atoms with van der Waals surface area (Å²) in [6, 6.07) is 18.1. The Labute approximate surface area is 200 Å². The molecule has 166 valence electrons. The molecule has 0 saturated heterocycles. The van der Waals surface area contributed by atoms with E-state index in [-0.39, 0.29) is 5.91 Å². The molecule has 1 amide bonds. The van der Waals surface area contributed by atoms with Gasteiger partial charge >= 0.3 is 0 Å². The number of halogens is 1. The number of fused-ring (bicyclic) bond motifs is 1. The van der Waals surface area contributed by atoms with Crippen molar-refractivity contribution in [1.82, 2.24) is 30.2 Å². The van der Waals surface area contributed by atoms with Crippen LogP contribution in [-0.4, -0.2) is 36.9 Å². The third kappa shape index (κ3) is 4.26. The summed E-state index contributed by atoms with van der Waals surface area (Å²) in [5.41, 5.74) is 6.38. The molecule has 4 aromatic heterocycles. The van der Waals surface area contributed by atoms with Crippen molar-refractivity contribution in [2.45, 2.75) is 6.92 Å². The number of amides is 1. The molecule has 0 unspecified atom stereocenters. The summed E-state index contributed by atoms with van der Waals surface area (Å²) in [7, 11) is 0. The number of nitrogens with zero attached hydrogens (tertiary/aromatic N) is 6. The molecule has 4 heterocycles. The van der Waals surface area contributed by atoms with E-state index in [9.17, 15) is 4.79 Å². The fourth-order valence-electron chi connectivity index (χ4n) is 3.59. The monoisotopic (exact) mass is 467 g/mol. The molecule has 0 aliphatic rings. The predicted molar refractivity (Wildman–Crippen MR) is 131 cm³/mol. The second kappa shape index (κ2) is 9.21. The summed E-state index contributed by atoms with van der Waals surface area (Å²) in [6.45, 7) is 1.83. The normalized spacial score (nSPS) is 11.2. The number of rotatable bonds is 5. The minimum Gasteiger partial charge on any atom is -0.267 e. The first-order valence-electron chi connectivity index (χ1n) is 10.4. The Bertz CT molecular complexity index is 1520. The Morgan fingerprint density at radius 1 is 1.06 bits per heavy atom. The number of hydrazone groups is 1. The Balaban J connectivity index is 1.61. The first-order chi connectivity index (χ1) is 16.6. The zero-order chi connectivity index (χ0) is 23.5. The van der Waals surface area contributed by atoms with Gasteiger partial charge in [-0.25, -0.2) is 15.4 Å². The first-order valence-corrected chi connectivity index (χ1v) is 10.8. The topological polar surface area (TPSA) is 98.0 Å². The Kier molecular flexibility index (Phi) is 5.80. The van der Waals surface area contributed by atoms with E-state index in [0.717, 1.165) is 11.1 Å². The smallest absolute Gasteiger partial charge is 0.267 e. The van der Waals surface area contributed by atoms with Crippen LogP contribution >= 0.6 is 11.6 Å². The van der Waals surface area contributed by atoms with Crippen molar-refractivity contribution in [2.24, 2.45) is 5.10 Å². The van der Waals surface area contributed by atoms with Crippen molar-refractivity contribution in [3.8, 4) is 17.1 Å². The van der Waals surface area contributed by atoms with Gasteiger partial charge in [-0.2, -0.15) is 14.9 Å². The van der Waals surface area contributed by atoms with Gasteiger partial charge in [0.05, 0.1) is 28.6 Å². The van der Waals surface area contributed by atoms with Crippen LogP contribution in [0, 0.1) is 6.92 Å². The third-order valence-electron chi connectivity index (χ3n) is 5.13. The lowest BCUT2D eigenvalue weighted by atomic mass is 10.1. The lowest BCUT2D eigenvalue weighted by Gasteiger charge is -2.08. The van der Waals surface area contributed by atoms with Crippen molar-refractivity contribution in [3.63, 3.8) is 0 Å². The quantitative estimate of drug-likeness (QED) is 0.301. The van der Waals surface area contributed by atoms with Gasteiger partial charge in [-0.05, 0) is 55.0 Å². The Morgan fingerprint density at radius 2 is 1.91 bits per heavy atom. The van der Waals surface area contributed by atoms with Gasteiger partial charge in [-0.15, -0.1) is 0 Å². The first kappa shape index (κ1) is 21.4. The number of aryl methyl sites for hydroxylation is 1. The van der Waals surface area contributed by atoms with E-state index in [1.165, 1.54) is 6.21 Å². The number of hydrogen-bond acceptors (Lipinski definition) is 6. The number of aromatic nitrogens is 5. The number of hydrogen-bond donors (Lipinski definition) is 1. The van der Waals surface area contributed by atoms with Crippen LogP contribution in [0.15, 0.2) is 84.4 Å². The maximum Gasteiger partial charge on any atom is 0.272 e. The fourth-order valence-corrected chi connectivity index (χ4v) is 3.79. The van der Waals surface area contributed by atoms with E-state index in [4.69, 9.17) is 16.6 Å². The van der Waals surface area contributed by atoms with Crippen LogP contribution in [0.2, 0.25) is 5.02 Å². The number of carbonyl (C=O) groups is 1. The molecule has 0 fully saturated rings. The van der Waals surface area contributed by atoms with E-state index in [0.29, 0.717) is 38.8 Å². The molecule has 0 spiro atoms. The van der Waals surface area contributed by atoms with Crippen LogP contribution in [0.3, 0.4) is 0 Å². The van der Waals surface area contributed by atoms with E-state index in [1.54, 1.807) is 41.5 Å². The van der Waals surface area contributed by atoms with Gasteiger partial charge in [-0.3, -0.25) is 9.78 Å². The van der Waals surface area contributed by atoms with Crippen LogP contribution in [0.25, 0.3) is 28.1 Å². The molecule has 9 heteroatoms. The van der Waals surface area contributed by atoms with Crippen LogP contribution in [0.4, 0.5) is 0 Å². The number of pyridine rings is 3. The van der Waals surface area contributed by atoms with Crippen LogP contribution in [-0.2, 0) is 0 Å². The number of carbonyl (C=O) groups excluding carboxylic acids is 1. The van der Waals surface area contributed by atoms with Gasteiger partial charge in [0.1, 0.15) is 0 Å². The molecular formula is C25H18ClN7O. The molecule has 0 atom stereocenters. The molecule has 0 bridgehead atoms.